The fourth-order valence-electron chi connectivity index (χ4n) is 3.93. The first kappa shape index (κ1) is 22.4. The Balaban J connectivity index is 0.00000261. The van der Waals surface area contributed by atoms with Crippen molar-refractivity contribution in [3.63, 3.8) is 0 Å². The first-order chi connectivity index (χ1) is 12.8. The van der Waals surface area contributed by atoms with Crippen LogP contribution < -0.4 is 5.32 Å². The van der Waals surface area contributed by atoms with Gasteiger partial charge in [0.15, 0.2) is 5.96 Å². The number of piperazine rings is 1. The Kier molecular flexibility index (Phi) is 9.84. The molecular formula is C19H35IN6O. The van der Waals surface area contributed by atoms with Crippen molar-refractivity contribution in [1.82, 2.24) is 25.2 Å². The number of guanidine groups is 1. The molecule has 1 saturated heterocycles. The summed E-state index contributed by atoms with van der Waals surface area (Å²) in [5.74, 6) is 1.06. The van der Waals surface area contributed by atoms with Crippen LogP contribution in [0.2, 0.25) is 0 Å². The second-order valence-corrected chi connectivity index (χ2v) is 7.41. The molecule has 0 aromatic carbocycles. The van der Waals surface area contributed by atoms with Gasteiger partial charge in [0.25, 0.3) is 0 Å². The number of nitrogens with one attached hydrogen (secondary N) is 1. The highest BCUT2D eigenvalue weighted by molar-refractivity contribution is 14.0. The number of aromatic nitrogens is 1. The van der Waals surface area contributed by atoms with Crippen molar-refractivity contribution in [2.24, 2.45) is 4.99 Å². The molecule has 0 spiro atoms. The van der Waals surface area contributed by atoms with Gasteiger partial charge < -0.3 is 19.6 Å². The van der Waals surface area contributed by atoms with Gasteiger partial charge in [0.1, 0.15) is 6.26 Å². The Morgan fingerprint density at radius 3 is 2.67 bits per heavy atom. The molecule has 1 aliphatic carbocycles. The summed E-state index contributed by atoms with van der Waals surface area (Å²) in [6.45, 7) is 9.89. The minimum Gasteiger partial charge on any atom is -0.364 e. The van der Waals surface area contributed by atoms with Gasteiger partial charge in [0, 0.05) is 57.9 Å². The van der Waals surface area contributed by atoms with Crippen molar-refractivity contribution < 1.29 is 4.52 Å². The van der Waals surface area contributed by atoms with Crippen LogP contribution in [0.1, 0.15) is 38.3 Å². The maximum atomic E-state index is 4.93. The predicted molar refractivity (Wildman–Crippen MR) is 120 cm³/mol. The molecular weight excluding hydrogens is 455 g/mol. The summed E-state index contributed by atoms with van der Waals surface area (Å²) in [6.07, 6.45) is 7.13. The number of nitrogens with zero attached hydrogens (tertiary/aromatic N) is 5. The lowest BCUT2D eigenvalue weighted by Crippen LogP contribution is -2.52. The van der Waals surface area contributed by atoms with E-state index in [2.05, 4.69) is 39.1 Å². The normalized spacial score (nSPS) is 19.5. The lowest BCUT2D eigenvalue weighted by molar-refractivity contribution is 0.169. The smallest absolute Gasteiger partial charge is 0.194 e. The lowest BCUT2D eigenvalue weighted by Gasteiger charge is -2.36. The molecule has 7 nitrogen and oxygen atoms in total. The van der Waals surface area contributed by atoms with Gasteiger partial charge in [-0.1, -0.05) is 18.0 Å². The topological polar surface area (TPSA) is 60.1 Å². The third-order valence-corrected chi connectivity index (χ3v) is 5.55. The molecule has 1 aliphatic heterocycles. The summed E-state index contributed by atoms with van der Waals surface area (Å²) in [5, 5.41) is 7.48. The Bertz CT molecular complexity index is 538. The number of rotatable bonds is 7. The molecule has 0 unspecified atom stereocenters. The number of likely N-dealkylation sites (N-methyl/N-ethyl adjacent to an activating group) is 1. The van der Waals surface area contributed by atoms with Crippen LogP contribution in [0.25, 0.3) is 0 Å². The van der Waals surface area contributed by atoms with Gasteiger partial charge in [0.2, 0.25) is 0 Å². The van der Waals surface area contributed by atoms with Crippen LogP contribution in [0.15, 0.2) is 21.8 Å². The van der Waals surface area contributed by atoms with Crippen molar-refractivity contribution in [2.75, 3.05) is 52.9 Å². The number of hydrogen-bond acceptors (Lipinski definition) is 5. The second-order valence-electron chi connectivity index (χ2n) is 7.41. The minimum atomic E-state index is 0. The summed E-state index contributed by atoms with van der Waals surface area (Å²) < 4.78 is 4.93. The van der Waals surface area contributed by atoms with E-state index in [1.807, 2.05) is 6.07 Å². The molecule has 1 N–H and O–H groups in total. The lowest BCUT2D eigenvalue weighted by atomic mass is 10.2. The van der Waals surface area contributed by atoms with Gasteiger partial charge in [-0.2, -0.15) is 0 Å². The molecule has 0 atom stereocenters. The van der Waals surface area contributed by atoms with E-state index in [0.717, 1.165) is 70.1 Å². The molecule has 3 rings (SSSR count). The van der Waals surface area contributed by atoms with E-state index in [-0.39, 0.29) is 24.0 Å². The van der Waals surface area contributed by atoms with E-state index in [9.17, 15) is 0 Å². The average molecular weight is 490 g/mol. The third kappa shape index (κ3) is 6.90. The number of aliphatic imine (C=N–C) groups is 1. The van der Waals surface area contributed by atoms with Crippen molar-refractivity contribution >= 4 is 29.9 Å². The van der Waals surface area contributed by atoms with E-state index >= 15 is 0 Å². The molecule has 2 fully saturated rings. The molecule has 1 aromatic heterocycles. The third-order valence-electron chi connectivity index (χ3n) is 5.55. The van der Waals surface area contributed by atoms with Crippen LogP contribution in [0.4, 0.5) is 0 Å². The van der Waals surface area contributed by atoms with Crippen molar-refractivity contribution in [3.8, 4) is 0 Å². The van der Waals surface area contributed by atoms with Crippen molar-refractivity contribution in [3.05, 3.63) is 18.0 Å². The van der Waals surface area contributed by atoms with E-state index in [0.29, 0.717) is 0 Å². The Labute approximate surface area is 180 Å². The van der Waals surface area contributed by atoms with Crippen LogP contribution in [0.5, 0.6) is 0 Å². The zero-order valence-corrected chi connectivity index (χ0v) is 19.1. The van der Waals surface area contributed by atoms with E-state index in [1.165, 1.54) is 25.7 Å². The molecule has 2 heterocycles. The SMILES string of the molecule is CCNC(=NCCN(C)C1CCCC1)N1CCN(Cc2ccon2)CC1.I. The summed E-state index contributed by atoms with van der Waals surface area (Å²) in [5.41, 5.74) is 1.01. The van der Waals surface area contributed by atoms with Crippen molar-refractivity contribution in [1.29, 1.82) is 0 Å². The molecule has 8 heteroatoms. The minimum absolute atomic E-state index is 0. The number of halogens is 1. The van der Waals surface area contributed by atoms with E-state index in [1.54, 1.807) is 6.26 Å². The fraction of sp³-hybridized carbons (Fsp3) is 0.789. The molecule has 154 valence electrons. The summed E-state index contributed by atoms with van der Waals surface area (Å²) in [4.78, 5) is 12.2. The van der Waals surface area contributed by atoms with Gasteiger partial charge >= 0.3 is 0 Å². The van der Waals surface area contributed by atoms with E-state index < -0.39 is 0 Å². The molecule has 2 aliphatic rings. The fourth-order valence-corrected chi connectivity index (χ4v) is 3.93. The Morgan fingerprint density at radius 1 is 1.30 bits per heavy atom. The van der Waals surface area contributed by atoms with Gasteiger partial charge in [-0.05, 0) is 26.8 Å². The average Bonchev–Trinajstić information content (AvgIpc) is 3.35. The number of hydrogen-bond donors (Lipinski definition) is 1. The van der Waals surface area contributed by atoms with Crippen LogP contribution >= 0.6 is 24.0 Å². The van der Waals surface area contributed by atoms with Crippen LogP contribution in [-0.2, 0) is 6.54 Å². The molecule has 27 heavy (non-hydrogen) atoms. The maximum Gasteiger partial charge on any atom is 0.194 e. The quantitative estimate of drug-likeness (QED) is 0.360. The van der Waals surface area contributed by atoms with Crippen molar-refractivity contribution in [2.45, 2.75) is 45.2 Å². The highest BCUT2D eigenvalue weighted by atomic mass is 127. The standard InChI is InChI=1S/C19H34N6O.HI/c1-3-20-19(21-9-10-23(2)18-6-4-5-7-18)25-13-11-24(12-14-25)16-17-8-15-26-22-17;/h8,15,18H,3-7,9-14,16H2,1-2H3,(H,20,21);1H. The van der Waals surface area contributed by atoms with Gasteiger partial charge in [-0.15, -0.1) is 24.0 Å². The maximum absolute atomic E-state index is 4.93. The molecule has 1 aromatic rings. The summed E-state index contributed by atoms with van der Waals surface area (Å²) in [7, 11) is 2.25. The molecule has 0 bridgehead atoms. The first-order valence-corrected chi connectivity index (χ1v) is 10.1. The monoisotopic (exact) mass is 490 g/mol. The highest BCUT2D eigenvalue weighted by Crippen LogP contribution is 2.21. The van der Waals surface area contributed by atoms with Gasteiger partial charge in [0.05, 0.1) is 12.2 Å². The zero-order valence-electron chi connectivity index (χ0n) is 16.8. The largest absolute Gasteiger partial charge is 0.364 e. The Morgan fingerprint density at radius 2 is 2.04 bits per heavy atom. The van der Waals surface area contributed by atoms with Crippen LogP contribution in [0, 0.1) is 0 Å². The highest BCUT2D eigenvalue weighted by Gasteiger charge is 2.21. The predicted octanol–water partition coefficient (Wildman–Crippen LogP) is 2.25. The van der Waals surface area contributed by atoms with Crippen LogP contribution in [0.3, 0.4) is 0 Å². The molecule has 1 saturated carbocycles. The summed E-state index contributed by atoms with van der Waals surface area (Å²) in [6, 6.07) is 2.71. The Hall–Kier alpha value is -0.870. The molecule has 0 radical (unpaired) electrons. The first-order valence-electron chi connectivity index (χ1n) is 10.1. The van der Waals surface area contributed by atoms with Gasteiger partial charge in [-0.25, -0.2) is 0 Å². The second kappa shape index (κ2) is 11.9. The van der Waals surface area contributed by atoms with Crippen LogP contribution in [-0.4, -0.2) is 84.7 Å². The molecule has 0 amide bonds. The summed E-state index contributed by atoms with van der Waals surface area (Å²) >= 11 is 0. The zero-order chi connectivity index (χ0) is 18.2. The van der Waals surface area contributed by atoms with Gasteiger partial charge in [-0.3, -0.25) is 9.89 Å². The van der Waals surface area contributed by atoms with E-state index in [4.69, 9.17) is 9.52 Å².